The number of nitrogens with one attached hydrogen (secondary N) is 2. The van der Waals surface area contributed by atoms with E-state index in [0.717, 1.165) is 53.9 Å². The quantitative estimate of drug-likeness (QED) is 0.744. The number of aromatic amines is 1. The summed E-state index contributed by atoms with van der Waals surface area (Å²) in [6, 6.07) is 0.321. The van der Waals surface area contributed by atoms with Gasteiger partial charge in [0.25, 0.3) is 0 Å². The molecule has 4 heterocycles. The number of H-pyrrole nitrogens is 1. The molecule has 1 fully saturated rings. The van der Waals surface area contributed by atoms with Crippen LogP contribution in [0.4, 0.5) is 5.69 Å². The van der Waals surface area contributed by atoms with Crippen LogP contribution in [-0.2, 0) is 4.74 Å². The maximum absolute atomic E-state index is 6.34. The lowest BCUT2D eigenvalue weighted by Gasteiger charge is -2.22. The first-order chi connectivity index (χ1) is 12.2. The molecule has 25 heavy (non-hydrogen) atoms. The third kappa shape index (κ3) is 2.73. The number of pyridine rings is 1. The first-order valence-electron chi connectivity index (χ1n) is 8.27. The maximum atomic E-state index is 6.34. The maximum Gasteiger partial charge on any atom is 0.240 e. The van der Waals surface area contributed by atoms with E-state index in [9.17, 15) is 0 Å². The van der Waals surface area contributed by atoms with Crippen LogP contribution < -0.4 is 10.1 Å². The molecule has 1 aliphatic rings. The van der Waals surface area contributed by atoms with Crippen LogP contribution >= 0.6 is 11.6 Å². The summed E-state index contributed by atoms with van der Waals surface area (Å²) in [4.78, 5) is 7.57. The smallest absolute Gasteiger partial charge is 0.240 e. The predicted octanol–water partition coefficient (Wildman–Crippen LogP) is 3.48. The molecule has 0 radical (unpaired) electrons. The van der Waals surface area contributed by atoms with E-state index >= 15 is 0 Å². The van der Waals surface area contributed by atoms with Crippen LogP contribution in [-0.4, -0.2) is 47.1 Å². The van der Waals surface area contributed by atoms with Crippen molar-refractivity contribution in [3.63, 3.8) is 0 Å². The molecule has 1 saturated heterocycles. The third-order valence-corrected chi connectivity index (χ3v) is 4.95. The zero-order valence-electron chi connectivity index (χ0n) is 14.2. The second kappa shape index (κ2) is 6.57. The van der Waals surface area contributed by atoms with E-state index < -0.39 is 0 Å². The van der Waals surface area contributed by atoms with Crippen LogP contribution in [0.5, 0.6) is 5.88 Å². The molecule has 7 nitrogen and oxygen atoms in total. The average molecular weight is 362 g/mol. The Labute approximate surface area is 150 Å². The minimum atomic E-state index is 0.321. The minimum Gasteiger partial charge on any atom is -0.479 e. The van der Waals surface area contributed by atoms with Crippen molar-refractivity contribution >= 4 is 28.3 Å². The molecule has 0 atom stereocenters. The molecule has 2 N–H and O–H groups in total. The summed E-state index contributed by atoms with van der Waals surface area (Å²) in [5.74, 6) is 0.579. The van der Waals surface area contributed by atoms with E-state index in [1.54, 1.807) is 13.3 Å². The fourth-order valence-corrected chi connectivity index (χ4v) is 3.61. The fourth-order valence-electron chi connectivity index (χ4n) is 3.37. The summed E-state index contributed by atoms with van der Waals surface area (Å²) >= 11 is 6.34. The number of ether oxygens (including phenoxy) is 2. The van der Waals surface area contributed by atoms with E-state index in [2.05, 4.69) is 20.4 Å². The van der Waals surface area contributed by atoms with E-state index in [1.165, 1.54) is 0 Å². The fraction of sp³-hybridized carbons (Fsp3) is 0.412. The van der Waals surface area contributed by atoms with Gasteiger partial charge in [-0.15, -0.1) is 5.10 Å². The lowest BCUT2D eigenvalue weighted by molar-refractivity contribution is 0.0659. The van der Waals surface area contributed by atoms with Crippen LogP contribution in [0.25, 0.3) is 22.2 Å². The Morgan fingerprint density at radius 1 is 1.36 bits per heavy atom. The monoisotopic (exact) mass is 361 g/mol. The lowest BCUT2D eigenvalue weighted by atomic mass is 10.1. The molecule has 0 unspecified atom stereocenters. The molecule has 3 aromatic rings. The van der Waals surface area contributed by atoms with Crippen LogP contribution in [0, 0.1) is 0 Å². The molecule has 0 bridgehead atoms. The highest BCUT2D eigenvalue weighted by Gasteiger charge is 2.23. The number of fused-ring (bicyclic) bond motifs is 1. The van der Waals surface area contributed by atoms with Crippen molar-refractivity contribution in [2.45, 2.75) is 18.9 Å². The van der Waals surface area contributed by atoms with Gasteiger partial charge in [-0.3, -0.25) is 4.68 Å². The highest BCUT2D eigenvalue weighted by molar-refractivity contribution is 6.36. The topological polar surface area (TPSA) is 77.0 Å². The van der Waals surface area contributed by atoms with Crippen molar-refractivity contribution in [3.8, 4) is 17.0 Å². The molecule has 132 valence electrons. The van der Waals surface area contributed by atoms with Crippen molar-refractivity contribution in [1.82, 2.24) is 19.7 Å². The van der Waals surface area contributed by atoms with Crippen LogP contribution in [0.3, 0.4) is 0 Å². The number of hydrogen-bond donors (Lipinski definition) is 2. The van der Waals surface area contributed by atoms with Gasteiger partial charge in [0.1, 0.15) is 5.65 Å². The van der Waals surface area contributed by atoms with E-state index in [0.29, 0.717) is 16.9 Å². The molecule has 0 spiro atoms. The van der Waals surface area contributed by atoms with Gasteiger partial charge in [0.15, 0.2) is 0 Å². The molecule has 3 aromatic heterocycles. The summed E-state index contributed by atoms with van der Waals surface area (Å²) in [7, 11) is 3.51. The Balaban J connectivity index is 1.85. The lowest BCUT2D eigenvalue weighted by Crippen LogP contribution is -2.19. The summed E-state index contributed by atoms with van der Waals surface area (Å²) in [5, 5.41) is 9.38. The first-order valence-corrected chi connectivity index (χ1v) is 8.65. The standard InChI is InChI=1S/C17H20ClN5O2/c1-19-15-11(7-20-16-14(15)13(18)8-21-16)12-9-23(22-17(12)24-2)10-3-5-25-6-4-10/h7-10H,3-6H2,1-2H3,(H2,19,20,21). The Hall–Kier alpha value is -2.25. The molecule has 4 rings (SSSR count). The van der Waals surface area contributed by atoms with Crippen molar-refractivity contribution in [2.75, 3.05) is 32.7 Å². The van der Waals surface area contributed by atoms with Crippen molar-refractivity contribution in [1.29, 1.82) is 0 Å². The Morgan fingerprint density at radius 2 is 2.16 bits per heavy atom. The number of anilines is 1. The third-order valence-electron chi connectivity index (χ3n) is 4.65. The predicted molar refractivity (Wildman–Crippen MR) is 97.5 cm³/mol. The highest BCUT2D eigenvalue weighted by atomic mass is 35.5. The summed E-state index contributed by atoms with van der Waals surface area (Å²) < 4.78 is 13.0. The van der Waals surface area contributed by atoms with Gasteiger partial charge < -0.3 is 19.8 Å². The van der Waals surface area contributed by atoms with Crippen molar-refractivity contribution in [3.05, 3.63) is 23.6 Å². The van der Waals surface area contributed by atoms with E-state index in [-0.39, 0.29) is 0 Å². The number of methoxy groups -OCH3 is 1. The van der Waals surface area contributed by atoms with Gasteiger partial charge in [-0.2, -0.15) is 0 Å². The minimum absolute atomic E-state index is 0.321. The molecule has 0 aromatic carbocycles. The number of nitrogens with zero attached hydrogens (tertiary/aromatic N) is 3. The molecule has 0 aliphatic carbocycles. The van der Waals surface area contributed by atoms with Crippen LogP contribution in [0.15, 0.2) is 18.6 Å². The second-order valence-corrected chi connectivity index (χ2v) is 6.44. The highest BCUT2D eigenvalue weighted by Crippen LogP contribution is 2.40. The number of halogens is 1. The first kappa shape index (κ1) is 16.2. The molecule has 8 heteroatoms. The summed E-state index contributed by atoms with van der Waals surface area (Å²) in [5.41, 5.74) is 3.45. The molecular weight excluding hydrogens is 342 g/mol. The molecule has 0 amide bonds. The molecule has 0 saturated carbocycles. The van der Waals surface area contributed by atoms with Crippen molar-refractivity contribution in [2.24, 2.45) is 0 Å². The van der Waals surface area contributed by atoms with Gasteiger partial charge in [0.05, 0.1) is 34.8 Å². The van der Waals surface area contributed by atoms with E-state index in [1.807, 2.05) is 24.1 Å². The van der Waals surface area contributed by atoms with E-state index in [4.69, 9.17) is 21.1 Å². The Bertz CT molecular complexity index is 898. The Morgan fingerprint density at radius 3 is 2.88 bits per heavy atom. The largest absolute Gasteiger partial charge is 0.479 e. The Kier molecular flexibility index (Phi) is 4.27. The van der Waals surface area contributed by atoms with Crippen molar-refractivity contribution < 1.29 is 9.47 Å². The molecule has 1 aliphatic heterocycles. The SMILES string of the molecule is CNc1c(-c2cn(C3CCOCC3)nc2OC)cnc2[nH]cc(Cl)c12. The zero-order chi connectivity index (χ0) is 17.4. The number of rotatable bonds is 4. The second-order valence-electron chi connectivity index (χ2n) is 6.03. The number of aromatic nitrogens is 4. The van der Waals surface area contributed by atoms with Gasteiger partial charge >= 0.3 is 0 Å². The van der Waals surface area contributed by atoms with Gasteiger partial charge in [0, 0.05) is 44.4 Å². The summed E-state index contributed by atoms with van der Waals surface area (Å²) in [6.07, 6.45) is 7.48. The summed E-state index contributed by atoms with van der Waals surface area (Å²) in [6.45, 7) is 1.52. The van der Waals surface area contributed by atoms with Crippen LogP contribution in [0.2, 0.25) is 5.02 Å². The normalized spacial score (nSPS) is 15.6. The molecular formula is C17H20ClN5O2. The average Bonchev–Trinajstić information content (AvgIpc) is 3.25. The zero-order valence-corrected chi connectivity index (χ0v) is 14.9. The van der Waals surface area contributed by atoms with Crippen LogP contribution in [0.1, 0.15) is 18.9 Å². The van der Waals surface area contributed by atoms with Gasteiger partial charge in [-0.25, -0.2) is 4.98 Å². The van der Waals surface area contributed by atoms with Gasteiger partial charge in [-0.1, -0.05) is 11.6 Å². The number of hydrogen-bond acceptors (Lipinski definition) is 5. The van der Waals surface area contributed by atoms with Gasteiger partial charge in [0.2, 0.25) is 5.88 Å². The van der Waals surface area contributed by atoms with Gasteiger partial charge in [-0.05, 0) is 12.8 Å².